The Hall–Kier alpha value is -1.44. The summed E-state index contributed by atoms with van der Waals surface area (Å²) in [6.07, 6.45) is 2.01. The summed E-state index contributed by atoms with van der Waals surface area (Å²) in [6.45, 7) is 8.80. The molecule has 1 saturated heterocycles. The van der Waals surface area contributed by atoms with Crippen LogP contribution < -0.4 is 4.72 Å². The van der Waals surface area contributed by atoms with Crippen LogP contribution in [0.25, 0.3) is 0 Å². The van der Waals surface area contributed by atoms with Crippen molar-refractivity contribution in [2.24, 2.45) is 0 Å². The number of benzene rings is 1. The van der Waals surface area contributed by atoms with Crippen LogP contribution in [0.1, 0.15) is 36.5 Å². The molecule has 1 aliphatic rings. The summed E-state index contributed by atoms with van der Waals surface area (Å²) >= 11 is 0. The number of amides is 1. The van der Waals surface area contributed by atoms with E-state index in [0.717, 1.165) is 36.1 Å². The fourth-order valence-electron chi connectivity index (χ4n) is 3.39. The molecule has 1 heterocycles. The molecule has 0 saturated carbocycles. The number of hydrogen-bond donors (Lipinski definition) is 1. The van der Waals surface area contributed by atoms with Crippen molar-refractivity contribution in [1.29, 1.82) is 0 Å². The van der Waals surface area contributed by atoms with Crippen molar-refractivity contribution in [2.45, 2.75) is 51.5 Å². The van der Waals surface area contributed by atoms with E-state index in [-0.39, 0.29) is 18.6 Å². The molecular weight excluding hydrogens is 340 g/mol. The zero-order valence-corrected chi connectivity index (χ0v) is 16.3. The monoisotopic (exact) mass is 368 g/mol. The van der Waals surface area contributed by atoms with Gasteiger partial charge in [0, 0.05) is 33.2 Å². The lowest BCUT2D eigenvalue weighted by atomic mass is 10.1. The second-order valence-electron chi connectivity index (χ2n) is 6.73. The molecular formula is C18H28N2O4S. The van der Waals surface area contributed by atoms with Gasteiger partial charge in [-0.2, -0.15) is 0 Å². The predicted molar refractivity (Wildman–Crippen MR) is 97.1 cm³/mol. The number of nitrogens with one attached hydrogen (secondary N) is 1. The van der Waals surface area contributed by atoms with Gasteiger partial charge in [0.25, 0.3) is 0 Å². The highest BCUT2D eigenvalue weighted by Gasteiger charge is 2.23. The largest absolute Gasteiger partial charge is 0.376 e. The van der Waals surface area contributed by atoms with Gasteiger partial charge in [-0.1, -0.05) is 17.7 Å². The molecule has 140 valence electrons. The number of aryl methyl sites for hydroxylation is 3. The van der Waals surface area contributed by atoms with E-state index < -0.39 is 10.0 Å². The van der Waals surface area contributed by atoms with Gasteiger partial charge >= 0.3 is 0 Å². The number of nitrogens with zero attached hydrogens (tertiary/aromatic N) is 1. The Kier molecular flexibility index (Phi) is 6.59. The summed E-state index contributed by atoms with van der Waals surface area (Å²) in [5, 5.41) is 0. The molecule has 1 amide bonds. The van der Waals surface area contributed by atoms with Gasteiger partial charge in [0.05, 0.1) is 11.0 Å². The Balaban J connectivity index is 2.00. The molecule has 1 N–H and O–H groups in total. The summed E-state index contributed by atoms with van der Waals surface area (Å²) in [6, 6.07) is 3.72. The normalized spacial score (nSPS) is 17.7. The van der Waals surface area contributed by atoms with Crippen molar-refractivity contribution in [3.05, 3.63) is 28.8 Å². The third-order valence-corrected chi connectivity index (χ3v) is 6.21. The molecule has 2 rings (SSSR count). The van der Waals surface area contributed by atoms with Crippen LogP contribution in [0.15, 0.2) is 17.0 Å². The van der Waals surface area contributed by atoms with E-state index >= 15 is 0 Å². The predicted octanol–water partition coefficient (Wildman–Crippen LogP) is 1.92. The molecule has 1 aromatic rings. The zero-order chi connectivity index (χ0) is 18.6. The average molecular weight is 368 g/mol. The minimum atomic E-state index is -3.61. The van der Waals surface area contributed by atoms with E-state index in [2.05, 4.69) is 4.72 Å². The highest BCUT2D eigenvalue weighted by Crippen LogP contribution is 2.21. The standard InChI is InChI=1S/C18H28N2O4S/c1-13-10-14(2)18(15(3)11-13)25(22,23)19-7-8-20(16(4)21)12-17-6-5-9-24-17/h10-11,17,19H,5-9,12H2,1-4H3. The number of rotatable bonds is 7. The quantitative estimate of drug-likeness (QED) is 0.798. The minimum absolute atomic E-state index is 0.0575. The third-order valence-electron chi connectivity index (χ3n) is 4.44. The third kappa shape index (κ3) is 5.26. The molecule has 1 fully saturated rings. The maximum Gasteiger partial charge on any atom is 0.241 e. The van der Waals surface area contributed by atoms with Crippen LogP contribution in [-0.4, -0.2) is 51.6 Å². The first-order chi connectivity index (χ1) is 11.7. The lowest BCUT2D eigenvalue weighted by Gasteiger charge is -2.24. The average Bonchev–Trinajstić information content (AvgIpc) is 2.97. The fraction of sp³-hybridized carbons (Fsp3) is 0.611. The molecule has 0 spiro atoms. The van der Waals surface area contributed by atoms with Gasteiger partial charge in [-0.05, 0) is 44.7 Å². The topological polar surface area (TPSA) is 75.7 Å². The molecule has 7 heteroatoms. The summed E-state index contributed by atoms with van der Waals surface area (Å²) in [5.74, 6) is -0.0719. The van der Waals surface area contributed by atoms with Crippen LogP contribution >= 0.6 is 0 Å². The molecule has 25 heavy (non-hydrogen) atoms. The molecule has 6 nitrogen and oxygen atoms in total. The number of hydrogen-bond acceptors (Lipinski definition) is 4. The minimum Gasteiger partial charge on any atom is -0.376 e. The van der Waals surface area contributed by atoms with Crippen LogP contribution in [0.3, 0.4) is 0 Å². The first-order valence-electron chi connectivity index (χ1n) is 8.65. The van der Waals surface area contributed by atoms with E-state index in [1.807, 2.05) is 19.1 Å². The Labute approximate surface area is 150 Å². The zero-order valence-electron chi connectivity index (χ0n) is 15.5. The van der Waals surface area contributed by atoms with Crippen molar-refractivity contribution < 1.29 is 17.9 Å². The highest BCUT2D eigenvalue weighted by atomic mass is 32.2. The smallest absolute Gasteiger partial charge is 0.241 e. The molecule has 0 bridgehead atoms. The van der Waals surface area contributed by atoms with E-state index in [0.29, 0.717) is 18.0 Å². The van der Waals surface area contributed by atoms with Crippen molar-refractivity contribution in [2.75, 3.05) is 26.2 Å². The lowest BCUT2D eigenvalue weighted by molar-refractivity contribution is -0.130. The number of ether oxygens (including phenoxy) is 1. The van der Waals surface area contributed by atoms with E-state index in [4.69, 9.17) is 4.74 Å². The number of sulfonamides is 1. The summed E-state index contributed by atoms with van der Waals surface area (Å²) in [7, 11) is -3.61. The van der Waals surface area contributed by atoms with Crippen molar-refractivity contribution in [3.8, 4) is 0 Å². The van der Waals surface area contributed by atoms with Crippen LogP contribution in [-0.2, 0) is 19.6 Å². The Morgan fingerprint density at radius 2 is 1.92 bits per heavy atom. The second-order valence-corrected chi connectivity index (χ2v) is 8.43. The molecule has 1 atom stereocenters. The van der Waals surface area contributed by atoms with Gasteiger partial charge in [-0.3, -0.25) is 4.79 Å². The van der Waals surface area contributed by atoms with Gasteiger partial charge in [-0.15, -0.1) is 0 Å². The summed E-state index contributed by atoms with van der Waals surface area (Å²) in [4.78, 5) is 13.8. The Bertz CT molecular complexity index is 702. The van der Waals surface area contributed by atoms with Gasteiger partial charge in [0.1, 0.15) is 0 Å². The van der Waals surface area contributed by atoms with Gasteiger partial charge < -0.3 is 9.64 Å². The van der Waals surface area contributed by atoms with Crippen LogP contribution in [0.5, 0.6) is 0 Å². The van der Waals surface area contributed by atoms with E-state index in [1.165, 1.54) is 6.92 Å². The number of carbonyl (C=O) groups excluding carboxylic acids is 1. The second kappa shape index (κ2) is 8.29. The van der Waals surface area contributed by atoms with E-state index in [1.54, 1.807) is 18.7 Å². The first-order valence-corrected chi connectivity index (χ1v) is 10.1. The molecule has 1 aliphatic heterocycles. The molecule has 0 aliphatic carbocycles. The highest BCUT2D eigenvalue weighted by molar-refractivity contribution is 7.89. The van der Waals surface area contributed by atoms with Crippen LogP contribution in [0.4, 0.5) is 0 Å². The Morgan fingerprint density at radius 1 is 1.28 bits per heavy atom. The van der Waals surface area contributed by atoms with Gasteiger partial charge in [0.2, 0.25) is 15.9 Å². The molecule has 0 aromatic heterocycles. The first kappa shape index (κ1) is 19.9. The molecule has 0 radical (unpaired) electrons. The van der Waals surface area contributed by atoms with Crippen LogP contribution in [0, 0.1) is 20.8 Å². The summed E-state index contributed by atoms with van der Waals surface area (Å²) in [5.41, 5.74) is 2.49. The SMILES string of the molecule is CC(=O)N(CCNS(=O)(=O)c1c(C)cc(C)cc1C)CC1CCCO1. The summed E-state index contributed by atoms with van der Waals surface area (Å²) < 4.78 is 33.5. The van der Waals surface area contributed by atoms with Gasteiger partial charge in [0.15, 0.2) is 0 Å². The van der Waals surface area contributed by atoms with Gasteiger partial charge in [-0.25, -0.2) is 13.1 Å². The van der Waals surface area contributed by atoms with Crippen LogP contribution in [0.2, 0.25) is 0 Å². The van der Waals surface area contributed by atoms with E-state index in [9.17, 15) is 13.2 Å². The fourth-order valence-corrected chi connectivity index (χ4v) is 4.86. The van der Waals surface area contributed by atoms with Crippen molar-refractivity contribution in [1.82, 2.24) is 9.62 Å². The van der Waals surface area contributed by atoms with Crippen molar-refractivity contribution >= 4 is 15.9 Å². The lowest BCUT2D eigenvalue weighted by Crippen LogP contribution is -2.41. The van der Waals surface area contributed by atoms with Crippen molar-refractivity contribution in [3.63, 3.8) is 0 Å². The Morgan fingerprint density at radius 3 is 2.44 bits per heavy atom. The molecule has 1 unspecified atom stereocenters. The number of carbonyl (C=O) groups is 1. The maximum absolute atomic E-state index is 12.6. The molecule has 1 aromatic carbocycles. The maximum atomic E-state index is 12.6.